The minimum atomic E-state index is -3.26. The highest BCUT2D eigenvalue weighted by atomic mass is 35.5. The van der Waals surface area contributed by atoms with Crippen LogP contribution >= 0.6 is 23.2 Å². The van der Waals surface area contributed by atoms with Gasteiger partial charge in [0.1, 0.15) is 0 Å². The zero-order chi connectivity index (χ0) is 12.2. The molecule has 0 atom stereocenters. The number of hydrogen-bond acceptors (Lipinski definition) is 3. The van der Waals surface area contributed by atoms with E-state index in [9.17, 15) is 13.2 Å². The summed E-state index contributed by atoms with van der Waals surface area (Å²) in [4.78, 5) is 10.8. The van der Waals surface area contributed by atoms with E-state index in [1.54, 1.807) is 12.2 Å². The molecular weight excluding hydrogens is 271 g/mol. The summed E-state index contributed by atoms with van der Waals surface area (Å²) in [7, 11) is -3.26. The fourth-order valence-electron chi connectivity index (χ4n) is 1.19. The third-order valence-corrected chi connectivity index (χ3v) is 4.02. The molecule has 0 amide bonds. The summed E-state index contributed by atoms with van der Waals surface area (Å²) in [6, 6.07) is 0. The number of carbonyl (C=O) groups is 1. The monoisotopic (exact) mass is 280 g/mol. The second-order valence-corrected chi connectivity index (χ2v) is 5.91. The van der Waals surface area contributed by atoms with Crippen LogP contribution in [-0.4, -0.2) is 25.3 Å². The minimum Gasteiger partial charge on any atom is -0.276 e. The van der Waals surface area contributed by atoms with Crippen molar-refractivity contribution in [2.75, 3.05) is 11.6 Å². The summed E-state index contributed by atoms with van der Waals surface area (Å²) < 4.78 is 22.8. The Bertz CT molecular complexity index is 472. The fraction of sp³-hybridized carbons (Fsp3) is 0.300. The number of hydrogen-bond donors (Lipinski definition) is 0. The van der Waals surface area contributed by atoms with E-state index < -0.39 is 15.1 Å². The van der Waals surface area contributed by atoms with E-state index >= 15 is 0 Å². The van der Waals surface area contributed by atoms with Crippen LogP contribution in [0.3, 0.4) is 0 Å². The number of allylic oxidation sites excluding steroid dienone is 5. The number of rotatable bonds is 4. The second-order valence-electron chi connectivity index (χ2n) is 3.22. The van der Waals surface area contributed by atoms with Crippen LogP contribution in [0, 0.1) is 0 Å². The molecule has 0 fully saturated rings. The van der Waals surface area contributed by atoms with Crippen molar-refractivity contribution < 1.29 is 13.2 Å². The Balaban J connectivity index is 2.80. The van der Waals surface area contributed by atoms with E-state index in [0.717, 1.165) is 0 Å². The highest BCUT2D eigenvalue weighted by Crippen LogP contribution is 2.18. The highest BCUT2D eigenvalue weighted by molar-refractivity contribution is 7.94. The predicted octanol–water partition coefficient (Wildman–Crippen LogP) is 2.18. The van der Waals surface area contributed by atoms with Gasteiger partial charge in [0, 0.05) is 16.9 Å². The first-order valence-electron chi connectivity index (χ1n) is 4.52. The lowest BCUT2D eigenvalue weighted by molar-refractivity contribution is -0.108. The zero-order valence-corrected chi connectivity index (χ0v) is 10.6. The number of alkyl halides is 1. The Kier molecular flexibility index (Phi) is 4.77. The quantitative estimate of drug-likeness (QED) is 0.586. The minimum absolute atomic E-state index is 0.0666. The lowest BCUT2D eigenvalue weighted by Crippen LogP contribution is -2.05. The third kappa shape index (κ3) is 4.12. The van der Waals surface area contributed by atoms with Crippen molar-refractivity contribution >= 4 is 38.3 Å². The number of halogens is 2. The van der Waals surface area contributed by atoms with Gasteiger partial charge < -0.3 is 0 Å². The molecule has 0 aromatic heterocycles. The molecule has 0 radical (unpaired) electrons. The third-order valence-electron chi connectivity index (χ3n) is 1.95. The maximum absolute atomic E-state index is 11.4. The van der Waals surface area contributed by atoms with Crippen molar-refractivity contribution in [1.29, 1.82) is 0 Å². The van der Waals surface area contributed by atoms with Gasteiger partial charge in [0.15, 0.2) is 9.84 Å². The van der Waals surface area contributed by atoms with Crippen LogP contribution in [0.1, 0.15) is 6.42 Å². The predicted molar refractivity (Wildman–Crippen MR) is 65.3 cm³/mol. The maximum atomic E-state index is 11.4. The van der Waals surface area contributed by atoms with Gasteiger partial charge in [-0.3, -0.25) is 4.79 Å². The van der Waals surface area contributed by atoms with Gasteiger partial charge in [-0.05, 0) is 23.6 Å². The molecule has 3 nitrogen and oxygen atoms in total. The van der Waals surface area contributed by atoms with Gasteiger partial charge in [-0.25, -0.2) is 8.42 Å². The summed E-state index contributed by atoms with van der Waals surface area (Å²) in [5, 5.41) is 0.636. The van der Waals surface area contributed by atoms with Crippen molar-refractivity contribution in [2.24, 2.45) is 0 Å². The Hall–Kier alpha value is -0.580. The lowest BCUT2D eigenvalue weighted by Gasteiger charge is -2.05. The summed E-state index contributed by atoms with van der Waals surface area (Å²) in [6.07, 6.45) is 5.05. The SMILES string of the molecule is O=C(Cl)C1=CCC(=CS(=O)(=O)CCCl)C=C1. The summed E-state index contributed by atoms with van der Waals surface area (Å²) >= 11 is 10.6. The van der Waals surface area contributed by atoms with Gasteiger partial charge in [0.25, 0.3) is 5.24 Å². The first-order chi connectivity index (χ1) is 7.44. The Labute approximate surface area is 104 Å². The molecule has 0 aromatic carbocycles. The van der Waals surface area contributed by atoms with Crippen LogP contribution in [0.25, 0.3) is 0 Å². The molecule has 0 bridgehead atoms. The van der Waals surface area contributed by atoms with Gasteiger partial charge in [-0.2, -0.15) is 0 Å². The van der Waals surface area contributed by atoms with Gasteiger partial charge in [0.2, 0.25) is 0 Å². The van der Waals surface area contributed by atoms with Crippen LogP contribution < -0.4 is 0 Å². The smallest absolute Gasteiger partial charge is 0.252 e. The molecule has 0 heterocycles. The summed E-state index contributed by atoms with van der Waals surface area (Å²) in [6.45, 7) is 0. The molecule has 88 valence electrons. The fourth-order valence-corrected chi connectivity index (χ4v) is 2.95. The van der Waals surface area contributed by atoms with Gasteiger partial charge in [0.05, 0.1) is 5.75 Å². The van der Waals surface area contributed by atoms with E-state index in [4.69, 9.17) is 23.2 Å². The standard InChI is InChI=1S/C10H10Cl2O3S/c11-5-6-16(14,15)7-8-1-3-9(4-2-8)10(12)13/h1,3-4,7H,2,5-6H2. The maximum Gasteiger partial charge on any atom is 0.252 e. The molecular formula is C10H10Cl2O3S. The molecule has 0 unspecified atom stereocenters. The normalized spacial score (nSPS) is 18.6. The molecule has 1 aliphatic carbocycles. The molecule has 0 aromatic rings. The second kappa shape index (κ2) is 5.66. The van der Waals surface area contributed by atoms with Gasteiger partial charge in [-0.15, -0.1) is 11.6 Å². The van der Waals surface area contributed by atoms with E-state index in [1.165, 1.54) is 11.5 Å². The molecule has 16 heavy (non-hydrogen) atoms. The average Bonchev–Trinajstić information content (AvgIpc) is 2.17. The molecule has 1 aliphatic rings. The van der Waals surface area contributed by atoms with Crippen molar-refractivity contribution in [3.63, 3.8) is 0 Å². The van der Waals surface area contributed by atoms with Crippen molar-refractivity contribution in [3.8, 4) is 0 Å². The van der Waals surface area contributed by atoms with Crippen LogP contribution in [-0.2, 0) is 14.6 Å². The van der Waals surface area contributed by atoms with Gasteiger partial charge >= 0.3 is 0 Å². The van der Waals surface area contributed by atoms with Crippen LogP contribution in [0.15, 0.2) is 34.8 Å². The Morgan fingerprint density at radius 2 is 2.12 bits per heavy atom. The molecule has 0 saturated heterocycles. The lowest BCUT2D eigenvalue weighted by atomic mass is 10.0. The molecule has 6 heteroatoms. The van der Waals surface area contributed by atoms with E-state index in [1.807, 2.05) is 0 Å². The first-order valence-corrected chi connectivity index (χ1v) is 7.15. The van der Waals surface area contributed by atoms with Crippen LogP contribution in [0.4, 0.5) is 0 Å². The Morgan fingerprint density at radius 3 is 2.56 bits per heavy atom. The van der Waals surface area contributed by atoms with Crippen molar-refractivity contribution in [2.45, 2.75) is 6.42 Å². The number of sulfone groups is 1. The highest BCUT2D eigenvalue weighted by Gasteiger charge is 2.11. The van der Waals surface area contributed by atoms with Crippen molar-refractivity contribution in [3.05, 3.63) is 34.8 Å². The molecule has 0 spiro atoms. The molecule has 0 N–H and O–H groups in total. The van der Waals surface area contributed by atoms with Crippen LogP contribution in [0.2, 0.25) is 0 Å². The van der Waals surface area contributed by atoms with E-state index in [-0.39, 0.29) is 11.6 Å². The van der Waals surface area contributed by atoms with E-state index in [0.29, 0.717) is 17.6 Å². The molecule has 0 aliphatic heterocycles. The Morgan fingerprint density at radius 1 is 1.44 bits per heavy atom. The molecule has 0 saturated carbocycles. The zero-order valence-electron chi connectivity index (χ0n) is 8.32. The number of carbonyl (C=O) groups excluding carboxylic acids is 1. The molecule has 1 rings (SSSR count). The average molecular weight is 281 g/mol. The van der Waals surface area contributed by atoms with E-state index in [2.05, 4.69) is 0 Å². The van der Waals surface area contributed by atoms with Gasteiger partial charge in [-0.1, -0.05) is 18.2 Å². The first kappa shape index (κ1) is 13.5. The summed E-state index contributed by atoms with van der Waals surface area (Å²) in [5.74, 6) is -0.0199. The topological polar surface area (TPSA) is 51.2 Å². The van der Waals surface area contributed by atoms with Crippen LogP contribution in [0.5, 0.6) is 0 Å². The largest absolute Gasteiger partial charge is 0.276 e. The van der Waals surface area contributed by atoms with Crippen molar-refractivity contribution in [1.82, 2.24) is 0 Å². The summed E-state index contributed by atoms with van der Waals surface area (Å²) in [5.41, 5.74) is 1.00.